The molecule has 2 aliphatic rings. The molecule has 3 nitrogen and oxygen atoms in total. The summed E-state index contributed by atoms with van der Waals surface area (Å²) < 4.78 is 5.11. The highest BCUT2D eigenvalue weighted by atomic mass is 16.5. The van der Waals surface area contributed by atoms with Crippen LogP contribution < -0.4 is 5.32 Å². The van der Waals surface area contributed by atoms with Crippen molar-refractivity contribution in [1.29, 1.82) is 0 Å². The zero-order valence-electron chi connectivity index (χ0n) is 10.2. The van der Waals surface area contributed by atoms with Gasteiger partial charge in [0.05, 0.1) is 12.5 Å². The molecular formula is C13H23NO2. The van der Waals surface area contributed by atoms with Gasteiger partial charge in [-0.05, 0) is 39.0 Å². The third-order valence-electron chi connectivity index (χ3n) is 3.87. The second-order valence-electron chi connectivity index (χ2n) is 5.11. The number of nitrogens with one attached hydrogen (secondary N) is 1. The van der Waals surface area contributed by atoms with Gasteiger partial charge in [0, 0.05) is 12.1 Å². The van der Waals surface area contributed by atoms with E-state index in [0.717, 1.165) is 25.3 Å². The predicted octanol–water partition coefficient (Wildman–Crippen LogP) is 2.25. The molecule has 0 heterocycles. The van der Waals surface area contributed by atoms with Gasteiger partial charge >= 0.3 is 5.97 Å². The molecular weight excluding hydrogens is 202 g/mol. The smallest absolute Gasteiger partial charge is 0.308 e. The highest BCUT2D eigenvalue weighted by Crippen LogP contribution is 2.28. The van der Waals surface area contributed by atoms with E-state index < -0.39 is 0 Å². The van der Waals surface area contributed by atoms with Gasteiger partial charge in [0.25, 0.3) is 0 Å². The molecule has 2 atom stereocenters. The Labute approximate surface area is 97.9 Å². The number of ether oxygens (including phenoxy) is 1. The lowest BCUT2D eigenvalue weighted by Gasteiger charge is -2.35. The van der Waals surface area contributed by atoms with Crippen molar-refractivity contribution < 1.29 is 9.53 Å². The summed E-state index contributed by atoms with van der Waals surface area (Å²) >= 11 is 0. The van der Waals surface area contributed by atoms with Crippen molar-refractivity contribution in [3.05, 3.63) is 0 Å². The highest BCUT2D eigenvalue weighted by molar-refractivity contribution is 5.72. The van der Waals surface area contributed by atoms with E-state index in [1.165, 1.54) is 25.7 Å². The third kappa shape index (κ3) is 2.97. The van der Waals surface area contributed by atoms with Crippen LogP contribution in [-0.2, 0) is 9.53 Å². The number of hydrogen-bond donors (Lipinski definition) is 1. The van der Waals surface area contributed by atoms with Gasteiger partial charge in [0.2, 0.25) is 0 Å². The zero-order chi connectivity index (χ0) is 11.4. The molecule has 2 unspecified atom stereocenters. The van der Waals surface area contributed by atoms with Gasteiger partial charge in [-0.25, -0.2) is 0 Å². The highest BCUT2D eigenvalue weighted by Gasteiger charge is 2.30. The van der Waals surface area contributed by atoms with Gasteiger partial charge < -0.3 is 10.1 Å². The monoisotopic (exact) mass is 225 g/mol. The van der Waals surface area contributed by atoms with Gasteiger partial charge in [-0.2, -0.15) is 0 Å². The lowest BCUT2D eigenvalue weighted by atomic mass is 9.83. The summed E-state index contributed by atoms with van der Waals surface area (Å²) in [7, 11) is 0. The van der Waals surface area contributed by atoms with Crippen molar-refractivity contribution in [2.24, 2.45) is 5.92 Å². The first-order valence-corrected chi connectivity index (χ1v) is 6.72. The Hall–Kier alpha value is -0.570. The standard InChI is InChI=1S/C13H23NO2/c1-2-16-13(15)10-5-3-8-12(9-10)14-11-6-4-7-11/h10-12,14H,2-9H2,1H3. The van der Waals surface area contributed by atoms with Crippen molar-refractivity contribution in [1.82, 2.24) is 5.32 Å². The van der Waals surface area contributed by atoms with Crippen molar-refractivity contribution in [3.63, 3.8) is 0 Å². The minimum Gasteiger partial charge on any atom is -0.466 e. The van der Waals surface area contributed by atoms with Gasteiger partial charge in [0.1, 0.15) is 0 Å². The summed E-state index contributed by atoms with van der Waals surface area (Å²) in [5, 5.41) is 3.67. The molecule has 2 rings (SSSR count). The molecule has 0 radical (unpaired) electrons. The number of carbonyl (C=O) groups is 1. The van der Waals surface area contributed by atoms with E-state index in [4.69, 9.17) is 4.74 Å². The Balaban J connectivity index is 1.76. The SMILES string of the molecule is CCOC(=O)C1CCCC(NC2CCC2)C1. The summed E-state index contributed by atoms with van der Waals surface area (Å²) in [6, 6.07) is 1.28. The fourth-order valence-corrected chi connectivity index (χ4v) is 2.72. The Bertz CT molecular complexity index is 238. The van der Waals surface area contributed by atoms with E-state index in [0.29, 0.717) is 12.6 Å². The fourth-order valence-electron chi connectivity index (χ4n) is 2.72. The van der Waals surface area contributed by atoms with Crippen LogP contribution in [-0.4, -0.2) is 24.7 Å². The molecule has 0 bridgehead atoms. The van der Waals surface area contributed by atoms with Crippen molar-refractivity contribution in [2.45, 2.75) is 64.0 Å². The molecule has 16 heavy (non-hydrogen) atoms. The quantitative estimate of drug-likeness (QED) is 0.746. The van der Waals surface area contributed by atoms with Gasteiger partial charge in [-0.1, -0.05) is 12.8 Å². The maximum atomic E-state index is 11.7. The molecule has 0 aromatic rings. The molecule has 92 valence electrons. The zero-order valence-corrected chi connectivity index (χ0v) is 10.2. The molecule has 0 aromatic carbocycles. The molecule has 2 aliphatic carbocycles. The summed E-state index contributed by atoms with van der Waals surface area (Å²) in [6.07, 6.45) is 8.39. The first-order valence-electron chi connectivity index (χ1n) is 6.72. The molecule has 2 saturated carbocycles. The summed E-state index contributed by atoms with van der Waals surface area (Å²) in [5.74, 6) is 0.161. The number of hydrogen-bond acceptors (Lipinski definition) is 3. The number of esters is 1. The van der Waals surface area contributed by atoms with Gasteiger partial charge in [-0.15, -0.1) is 0 Å². The first-order chi connectivity index (χ1) is 7.79. The van der Waals surface area contributed by atoms with Crippen LogP contribution in [0.1, 0.15) is 51.9 Å². The van der Waals surface area contributed by atoms with Crippen LogP contribution in [0.5, 0.6) is 0 Å². The van der Waals surface area contributed by atoms with Gasteiger partial charge in [-0.3, -0.25) is 4.79 Å². The van der Waals surface area contributed by atoms with E-state index in [-0.39, 0.29) is 11.9 Å². The van der Waals surface area contributed by atoms with E-state index >= 15 is 0 Å². The third-order valence-corrected chi connectivity index (χ3v) is 3.87. The molecule has 2 fully saturated rings. The van der Waals surface area contributed by atoms with Crippen LogP contribution in [0, 0.1) is 5.92 Å². The van der Waals surface area contributed by atoms with E-state index in [1.54, 1.807) is 0 Å². The average Bonchev–Trinajstić information content (AvgIpc) is 2.24. The van der Waals surface area contributed by atoms with Crippen LogP contribution in [0.3, 0.4) is 0 Å². The second kappa shape index (κ2) is 5.67. The topological polar surface area (TPSA) is 38.3 Å². The average molecular weight is 225 g/mol. The van der Waals surface area contributed by atoms with Crippen LogP contribution in [0.25, 0.3) is 0 Å². The Morgan fingerprint density at radius 3 is 2.50 bits per heavy atom. The summed E-state index contributed by atoms with van der Waals surface area (Å²) in [6.45, 7) is 2.39. The molecule has 0 spiro atoms. The maximum Gasteiger partial charge on any atom is 0.308 e. The van der Waals surface area contributed by atoms with E-state index in [9.17, 15) is 4.79 Å². The van der Waals surface area contributed by atoms with E-state index in [2.05, 4.69) is 5.32 Å². The maximum absolute atomic E-state index is 11.7. The first kappa shape index (κ1) is 11.9. The van der Waals surface area contributed by atoms with Crippen LogP contribution in [0.2, 0.25) is 0 Å². The lowest BCUT2D eigenvalue weighted by Crippen LogP contribution is -2.45. The van der Waals surface area contributed by atoms with Crippen LogP contribution in [0.15, 0.2) is 0 Å². The molecule has 0 amide bonds. The van der Waals surface area contributed by atoms with Crippen molar-refractivity contribution in [3.8, 4) is 0 Å². The number of rotatable bonds is 4. The molecule has 1 N–H and O–H groups in total. The lowest BCUT2D eigenvalue weighted by molar-refractivity contribution is -0.149. The predicted molar refractivity (Wildman–Crippen MR) is 63.2 cm³/mol. The Morgan fingerprint density at radius 2 is 1.88 bits per heavy atom. The fraction of sp³-hybridized carbons (Fsp3) is 0.923. The molecule has 0 saturated heterocycles. The van der Waals surface area contributed by atoms with Gasteiger partial charge in [0.15, 0.2) is 0 Å². The van der Waals surface area contributed by atoms with Crippen molar-refractivity contribution >= 4 is 5.97 Å². The largest absolute Gasteiger partial charge is 0.466 e. The molecule has 0 aromatic heterocycles. The number of carbonyl (C=O) groups excluding carboxylic acids is 1. The minimum absolute atomic E-state index is 0.0163. The normalized spacial score (nSPS) is 30.8. The summed E-state index contributed by atoms with van der Waals surface area (Å²) in [5.41, 5.74) is 0. The second-order valence-corrected chi connectivity index (χ2v) is 5.11. The minimum atomic E-state index is 0.0163. The molecule has 3 heteroatoms. The van der Waals surface area contributed by atoms with E-state index in [1.807, 2.05) is 6.92 Å². The Morgan fingerprint density at radius 1 is 1.19 bits per heavy atom. The molecule has 0 aliphatic heterocycles. The summed E-state index contributed by atoms with van der Waals surface area (Å²) in [4.78, 5) is 11.7. The Kier molecular flexibility index (Phi) is 4.22. The van der Waals surface area contributed by atoms with Crippen LogP contribution >= 0.6 is 0 Å². The van der Waals surface area contributed by atoms with Crippen molar-refractivity contribution in [2.75, 3.05) is 6.61 Å². The van der Waals surface area contributed by atoms with Crippen LogP contribution in [0.4, 0.5) is 0 Å².